The Kier molecular flexibility index (Phi) is 6.23. The van der Waals surface area contributed by atoms with Crippen molar-refractivity contribution in [2.75, 3.05) is 32.7 Å². The highest BCUT2D eigenvalue weighted by molar-refractivity contribution is 5.96. The molecule has 0 radical (unpaired) electrons. The number of carbonyl (C=O) groups is 1. The number of nitrogens with zero attached hydrogens (tertiary/aromatic N) is 4. The van der Waals surface area contributed by atoms with Crippen LogP contribution >= 0.6 is 0 Å². The van der Waals surface area contributed by atoms with Crippen LogP contribution in [-0.2, 0) is 6.54 Å². The summed E-state index contributed by atoms with van der Waals surface area (Å²) in [5, 5.41) is 4.47. The average molecular weight is 316 g/mol. The van der Waals surface area contributed by atoms with E-state index in [2.05, 4.69) is 35.7 Å². The first kappa shape index (κ1) is 17.6. The molecule has 0 spiro atoms. The van der Waals surface area contributed by atoms with Crippen molar-refractivity contribution in [2.24, 2.45) is 0 Å². The fraction of sp³-hybridized carbons (Fsp3) is 0.667. The lowest BCUT2D eigenvalue weighted by atomic mass is 10.1. The third-order valence-electron chi connectivity index (χ3n) is 4.38. The first-order valence-electron chi connectivity index (χ1n) is 8.59. The maximum absolute atomic E-state index is 12.9. The molecule has 0 aromatic carbocycles. The molecule has 0 aliphatic carbocycles. The minimum absolute atomic E-state index is 0.126. The fourth-order valence-electron chi connectivity index (χ4n) is 3.10. The number of aryl methyl sites for hydroxylation is 2. The van der Waals surface area contributed by atoms with Crippen LogP contribution in [0.3, 0.4) is 0 Å². The normalized spacial score (nSPS) is 15.9. The van der Waals surface area contributed by atoms with E-state index in [1.54, 1.807) is 0 Å². The molecule has 0 saturated carbocycles. The summed E-state index contributed by atoms with van der Waals surface area (Å²) in [5.74, 6) is 6.44. The van der Waals surface area contributed by atoms with Crippen molar-refractivity contribution in [1.29, 1.82) is 0 Å². The molecule has 0 N–H and O–H groups in total. The first-order valence-corrected chi connectivity index (χ1v) is 8.59. The molecule has 1 aromatic rings. The summed E-state index contributed by atoms with van der Waals surface area (Å²) in [4.78, 5) is 17.2. The summed E-state index contributed by atoms with van der Waals surface area (Å²) in [7, 11) is 0. The van der Waals surface area contributed by atoms with Crippen molar-refractivity contribution in [3.8, 4) is 11.8 Å². The summed E-state index contributed by atoms with van der Waals surface area (Å²) < 4.78 is 1.91. The number of carbonyl (C=O) groups excluding carboxylic acids is 1. The van der Waals surface area contributed by atoms with Crippen LogP contribution in [0.25, 0.3) is 0 Å². The van der Waals surface area contributed by atoms with E-state index in [0.717, 1.165) is 69.1 Å². The van der Waals surface area contributed by atoms with Crippen LogP contribution in [0.1, 0.15) is 48.4 Å². The van der Waals surface area contributed by atoms with Crippen LogP contribution in [0.2, 0.25) is 0 Å². The van der Waals surface area contributed by atoms with Gasteiger partial charge in [-0.1, -0.05) is 12.8 Å². The van der Waals surface area contributed by atoms with Crippen LogP contribution in [0.4, 0.5) is 0 Å². The quantitative estimate of drug-likeness (QED) is 0.802. The minimum Gasteiger partial charge on any atom is -0.337 e. The topological polar surface area (TPSA) is 41.4 Å². The van der Waals surface area contributed by atoms with E-state index in [4.69, 9.17) is 0 Å². The van der Waals surface area contributed by atoms with Crippen molar-refractivity contribution in [3.63, 3.8) is 0 Å². The second kappa shape index (κ2) is 8.16. The average Bonchev–Trinajstić information content (AvgIpc) is 2.70. The number of hydrogen-bond acceptors (Lipinski definition) is 3. The Bertz CT molecular complexity index is 609. The summed E-state index contributed by atoms with van der Waals surface area (Å²) >= 11 is 0. The molecule has 2 heterocycles. The predicted molar refractivity (Wildman–Crippen MR) is 92.4 cm³/mol. The van der Waals surface area contributed by atoms with E-state index in [1.165, 1.54) is 0 Å². The number of rotatable bonds is 3. The van der Waals surface area contributed by atoms with Gasteiger partial charge in [-0.15, -0.1) is 5.92 Å². The smallest absolute Gasteiger partial charge is 0.257 e. The fourth-order valence-corrected chi connectivity index (χ4v) is 3.10. The summed E-state index contributed by atoms with van der Waals surface area (Å²) in [6.07, 6.45) is 1.90. The molecule has 1 aliphatic rings. The van der Waals surface area contributed by atoms with Gasteiger partial charge in [-0.25, -0.2) is 0 Å². The van der Waals surface area contributed by atoms with Crippen molar-refractivity contribution in [2.45, 2.75) is 47.1 Å². The molecule has 0 bridgehead atoms. The maximum Gasteiger partial charge on any atom is 0.257 e. The Hall–Kier alpha value is -1.80. The lowest BCUT2D eigenvalue weighted by molar-refractivity contribution is 0.0760. The highest BCUT2D eigenvalue weighted by Gasteiger charge is 2.25. The van der Waals surface area contributed by atoms with Crippen LogP contribution in [-0.4, -0.2) is 58.2 Å². The summed E-state index contributed by atoms with van der Waals surface area (Å²) in [5.41, 5.74) is 2.60. The lowest BCUT2D eigenvalue weighted by Crippen LogP contribution is -2.35. The zero-order valence-electron chi connectivity index (χ0n) is 14.9. The standard InChI is InChI=1S/C18H28N4O/c1-5-7-8-10-20-11-9-12-21(14-13-20)18(23)17-15(3)19-22(6-2)16(17)4/h5-6,9-14H2,1-4H3. The molecule has 2 rings (SSSR count). The van der Waals surface area contributed by atoms with Gasteiger partial charge in [0.1, 0.15) is 0 Å². The summed E-state index contributed by atoms with van der Waals surface area (Å²) in [6, 6.07) is 0. The monoisotopic (exact) mass is 316 g/mol. The number of amides is 1. The molecule has 1 aliphatic heterocycles. The predicted octanol–water partition coefficient (Wildman–Crippen LogP) is 2.08. The molecule has 1 fully saturated rings. The van der Waals surface area contributed by atoms with Gasteiger partial charge in [0, 0.05) is 44.8 Å². The van der Waals surface area contributed by atoms with Gasteiger partial charge in [-0.3, -0.25) is 14.4 Å². The molecular formula is C18H28N4O. The Labute approximate surface area is 139 Å². The molecule has 5 heteroatoms. The summed E-state index contributed by atoms with van der Waals surface area (Å²) in [6.45, 7) is 13.1. The first-order chi connectivity index (χ1) is 11.1. The molecule has 1 aromatic heterocycles. The Morgan fingerprint density at radius 2 is 1.91 bits per heavy atom. The van der Waals surface area contributed by atoms with Crippen molar-refractivity contribution in [1.82, 2.24) is 19.6 Å². The van der Waals surface area contributed by atoms with Crippen molar-refractivity contribution < 1.29 is 4.79 Å². The van der Waals surface area contributed by atoms with E-state index >= 15 is 0 Å². The Balaban J connectivity index is 2.05. The molecule has 1 amide bonds. The van der Waals surface area contributed by atoms with E-state index in [0.29, 0.717) is 0 Å². The SMILES string of the molecule is CCC#CCN1CCCN(C(=O)c2c(C)nn(CC)c2C)CC1. The van der Waals surface area contributed by atoms with Crippen LogP contribution in [0, 0.1) is 25.7 Å². The second-order valence-electron chi connectivity index (χ2n) is 5.99. The van der Waals surface area contributed by atoms with Gasteiger partial charge in [0.25, 0.3) is 5.91 Å². The van der Waals surface area contributed by atoms with Crippen LogP contribution in [0.15, 0.2) is 0 Å². The largest absolute Gasteiger partial charge is 0.337 e. The van der Waals surface area contributed by atoms with Gasteiger partial charge < -0.3 is 4.90 Å². The highest BCUT2D eigenvalue weighted by atomic mass is 16.2. The molecular weight excluding hydrogens is 288 g/mol. The van der Waals surface area contributed by atoms with Crippen molar-refractivity contribution >= 4 is 5.91 Å². The Morgan fingerprint density at radius 1 is 1.13 bits per heavy atom. The van der Waals surface area contributed by atoms with Gasteiger partial charge in [-0.2, -0.15) is 5.10 Å². The van der Waals surface area contributed by atoms with E-state index in [-0.39, 0.29) is 5.91 Å². The van der Waals surface area contributed by atoms with Crippen LogP contribution in [0.5, 0.6) is 0 Å². The zero-order valence-corrected chi connectivity index (χ0v) is 14.9. The minimum atomic E-state index is 0.126. The van der Waals surface area contributed by atoms with Gasteiger partial charge >= 0.3 is 0 Å². The zero-order chi connectivity index (χ0) is 16.8. The molecule has 126 valence electrons. The van der Waals surface area contributed by atoms with Gasteiger partial charge in [0.05, 0.1) is 17.8 Å². The molecule has 1 saturated heterocycles. The second-order valence-corrected chi connectivity index (χ2v) is 5.99. The van der Waals surface area contributed by atoms with Gasteiger partial charge in [0.15, 0.2) is 0 Å². The third-order valence-corrected chi connectivity index (χ3v) is 4.38. The van der Waals surface area contributed by atoms with E-state index in [1.807, 2.05) is 23.4 Å². The van der Waals surface area contributed by atoms with E-state index in [9.17, 15) is 4.79 Å². The van der Waals surface area contributed by atoms with Crippen LogP contribution < -0.4 is 0 Å². The molecule has 23 heavy (non-hydrogen) atoms. The number of aromatic nitrogens is 2. The Morgan fingerprint density at radius 3 is 2.57 bits per heavy atom. The van der Waals surface area contributed by atoms with Crippen molar-refractivity contribution in [3.05, 3.63) is 17.0 Å². The number of hydrogen-bond donors (Lipinski definition) is 0. The molecule has 0 atom stereocenters. The maximum atomic E-state index is 12.9. The molecule has 5 nitrogen and oxygen atoms in total. The van der Waals surface area contributed by atoms with E-state index < -0.39 is 0 Å². The third kappa shape index (κ3) is 4.14. The van der Waals surface area contributed by atoms with Gasteiger partial charge in [0.2, 0.25) is 0 Å². The highest BCUT2D eigenvalue weighted by Crippen LogP contribution is 2.17. The molecule has 0 unspecified atom stereocenters. The lowest BCUT2D eigenvalue weighted by Gasteiger charge is -2.21. The van der Waals surface area contributed by atoms with Gasteiger partial charge in [-0.05, 0) is 27.2 Å².